The Morgan fingerprint density at radius 2 is 2.04 bits per heavy atom. The second-order valence-corrected chi connectivity index (χ2v) is 7.20. The van der Waals surface area contributed by atoms with E-state index in [2.05, 4.69) is 20.8 Å². The minimum atomic E-state index is -0.761. The molecule has 1 aromatic rings. The monoisotopic (exact) mass is 349 g/mol. The Hall–Kier alpha value is -2.24. The Labute approximate surface area is 148 Å². The molecule has 2 rings (SSSR count). The summed E-state index contributed by atoms with van der Waals surface area (Å²) in [5.41, 5.74) is 5.89. The lowest BCUT2D eigenvalue weighted by atomic mass is 9.75. The van der Waals surface area contributed by atoms with Crippen LogP contribution >= 0.6 is 0 Å². The van der Waals surface area contributed by atoms with Crippen LogP contribution in [0.5, 0.6) is 5.75 Å². The number of ether oxygens (including phenoxy) is 2. The number of hydrogen-bond acceptors (Lipinski definition) is 6. The molecule has 6 nitrogen and oxygen atoms in total. The zero-order valence-corrected chi connectivity index (χ0v) is 15.0. The molecule has 1 aliphatic carbocycles. The standard InChI is InChI=1S/C19H27NO5/c1-11(2)14-6-4-12(3)8-17(14)25-18(22)10-24-19(23)15-9-13(21)5-7-16(15)20/h5,7,9,11-12,14,17,21H,4,6,8,10,20H2,1-3H3/t12-,14+,17-/m1/s1. The van der Waals surface area contributed by atoms with Crippen molar-refractivity contribution in [2.45, 2.75) is 46.1 Å². The fraction of sp³-hybridized carbons (Fsp3) is 0.579. The largest absolute Gasteiger partial charge is 0.508 e. The maximum absolute atomic E-state index is 12.1. The van der Waals surface area contributed by atoms with Gasteiger partial charge in [-0.2, -0.15) is 0 Å². The van der Waals surface area contributed by atoms with E-state index in [0.717, 1.165) is 19.3 Å². The lowest BCUT2D eigenvalue weighted by Crippen LogP contribution is -2.36. The molecular weight excluding hydrogens is 322 g/mol. The van der Waals surface area contributed by atoms with Crippen molar-refractivity contribution < 1.29 is 24.2 Å². The van der Waals surface area contributed by atoms with E-state index in [-0.39, 0.29) is 23.1 Å². The molecule has 3 atom stereocenters. The molecule has 138 valence electrons. The van der Waals surface area contributed by atoms with Gasteiger partial charge in [0.1, 0.15) is 11.9 Å². The molecule has 0 amide bonds. The number of hydrogen-bond donors (Lipinski definition) is 2. The smallest absolute Gasteiger partial charge is 0.344 e. The molecule has 1 aromatic carbocycles. The topological polar surface area (TPSA) is 98.8 Å². The zero-order valence-electron chi connectivity index (χ0n) is 15.0. The number of esters is 2. The first-order chi connectivity index (χ1) is 11.8. The predicted octanol–water partition coefficient (Wildman–Crippen LogP) is 3.14. The van der Waals surface area contributed by atoms with E-state index in [1.54, 1.807) is 0 Å². The van der Waals surface area contributed by atoms with Gasteiger partial charge < -0.3 is 20.3 Å². The average molecular weight is 349 g/mol. The second-order valence-electron chi connectivity index (χ2n) is 7.20. The summed E-state index contributed by atoms with van der Waals surface area (Å²) in [6.07, 6.45) is 2.88. The van der Waals surface area contributed by atoms with Gasteiger partial charge in [0, 0.05) is 5.69 Å². The average Bonchev–Trinajstić information content (AvgIpc) is 2.54. The first-order valence-corrected chi connectivity index (χ1v) is 8.73. The molecule has 1 saturated carbocycles. The van der Waals surface area contributed by atoms with Crippen LogP contribution in [0.1, 0.15) is 50.4 Å². The zero-order chi connectivity index (χ0) is 18.6. The predicted molar refractivity (Wildman–Crippen MR) is 94.0 cm³/mol. The molecule has 1 aliphatic rings. The molecule has 6 heteroatoms. The minimum absolute atomic E-state index is 0.0270. The Morgan fingerprint density at radius 1 is 1.32 bits per heavy atom. The number of phenols is 1. The molecule has 0 aromatic heterocycles. The number of benzene rings is 1. The number of nitrogens with two attached hydrogens (primary N) is 1. The summed E-state index contributed by atoms with van der Waals surface area (Å²) in [6.45, 7) is 5.95. The highest BCUT2D eigenvalue weighted by Gasteiger charge is 2.33. The highest BCUT2D eigenvalue weighted by Crippen LogP contribution is 2.35. The normalized spacial score (nSPS) is 23.3. The molecule has 0 radical (unpaired) electrons. The van der Waals surface area contributed by atoms with Crippen molar-refractivity contribution >= 4 is 17.6 Å². The van der Waals surface area contributed by atoms with Crippen LogP contribution in [0, 0.1) is 17.8 Å². The molecule has 3 N–H and O–H groups in total. The van der Waals surface area contributed by atoms with Gasteiger partial charge in [-0.1, -0.05) is 27.2 Å². The highest BCUT2D eigenvalue weighted by molar-refractivity contribution is 5.96. The minimum Gasteiger partial charge on any atom is -0.508 e. The van der Waals surface area contributed by atoms with E-state index >= 15 is 0 Å². The first-order valence-electron chi connectivity index (χ1n) is 8.73. The molecule has 0 bridgehead atoms. The van der Waals surface area contributed by atoms with Crippen molar-refractivity contribution in [3.63, 3.8) is 0 Å². The summed E-state index contributed by atoms with van der Waals surface area (Å²) >= 11 is 0. The SMILES string of the molecule is CC(C)[C@@H]1CC[C@@H](C)C[C@H]1OC(=O)COC(=O)c1cc(O)ccc1N. The van der Waals surface area contributed by atoms with Crippen molar-refractivity contribution in [3.05, 3.63) is 23.8 Å². The highest BCUT2D eigenvalue weighted by atomic mass is 16.6. The fourth-order valence-electron chi connectivity index (χ4n) is 3.38. The van der Waals surface area contributed by atoms with E-state index in [0.29, 0.717) is 17.8 Å². The van der Waals surface area contributed by atoms with Crippen molar-refractivity contribution in [2.75, 3.05) is 12.3 Å². The summed E-state index contributed by atoms with van der Waals surface area (Å²) in [4.78, 5) is 24.1. The van der Waals surface area contributed by atoms with E-state index in [1.165, 1.54) is 18.2 Å². The van der Waals surface area contributed by atoms with Gasteiger partial charge in [-0.3, -0.25) is 0 Å². The second kappa shape index (κ2) is 8.23. The van der Waals surface area contributed by atoms with Crippen molar-refractivity contribution in [1.29, 1.82) is 0 Å². The van der Waals surface area contributed by atoms with Gasteiger partial charge >= 0.3 is 11.9 Å². The van der Waals surface area contributed by atoms with Gasteiger partial charge in [0.25, 0.3) is 0 Å². The Balaban J connectivity index is 1.91. The molecule has 25 heavy (non-hydrogen) atoms. The van der Waals surface area contributed by atoms with E-state index in [1.807, 2.05) is 0 Å². The summed E-state index contributed by atoms with van der Waals surface area (Å²) in [5.74, 6) is -0.140. The molecule has 0 heterocycles. The summed E-state index contributed by atoms with van der Waals surface area (Å²) in [7, 11) is 0. The van der Waals surface area contributed by atoms with Crippen LogP contribution in [0.2, 0.25) is 0 Å². The van der Waals surface area contributed by atoms with Crippen LogP contribution in [-0.4, -0.2) is 29.8 Å². The van der Waals surface area contributed by atoms with Crippen molar-refractivity contribution in [3.8, 4) is 5.75 Å². The number of carbonyl (C=O) groups excluding carboxylic acids is 2. The van der Waals surface area contributed by atoms with Gasteiger partial charge in [0.15, 0.2) is 6.61 Å². The van der Waals surface area contributed by atoms with E-state index in [9.17, 15) is 14.7 Å². The number of rotatable bonds is 5. The summed E-state index contributed by atoms with van der Waals surface area (Å²) in [5, 5.41) is 9.43. The number of nitrogen functional groups attached to an aromatic ring is 1. The Bertz CT molecular complexity index is 628. The fourth-order valence-corrected chi connectivity index (χ4v) is 3.38. The Morgan fingerprint density at radius 3 is 2.72 bits per heavy atom. The number of phenolic OH excluding ortho intramolecular Hbond substituents is 1. The Kier molecular flexibility index (Phi) is 6.28. The van der Waals surface area contributed by atoms with Crippen LogP contribution in [0.3, 0.4) is 0 Å². The third-order valence-corrected chi connectivity index (χ3v) is 4.82. The molecular formula is C19H27NO5. The van der Waals surface area contributed by atoms with Gasteiger partial charge in [0.2, 0.25) is 0 Å². The van der Waals surface area contributed by atoms with Gasteiger partial charge in [-0.25, -0.2) is 9.59 Å². The lowest BCUT2D eigenvalue weighted by Gasteiger charge is -2.36. The van der Waals surface area contributed by atoms with Crippen LogP contribution < -0.4 is 5.73 Å². The molecule has 0 aliphatic heterocycles. The number of anilines is 1. The van der Waals surface area contributed by atoms with Crippen LogP contribution in [-0.2, 0) is 14.3 Å². The number of carbonyl (C=O) groups is 2. The van der Waals surface area contributed by atoms with Crippen LogP contribution in [0.25, 0.3) is 0 Å². The first kappa shape index (κ1) is 19.1. The molecule has 1 fully saturated rings. The van der Waals surface area contributed by atoms with Gasteiger partial charge in [-0.05, 0) is 48.8 Å². The van der Waals surface area contributed by atoms with E-state index < -0.39 is 18.5 Å². The molecule has 0 saturated heterocycles. The quantitative estimate of drug-likeness (QED) is 0.481. The number of aromatic hydroxyl groups is 1. The van der Waals surface area contributed by atoms with Crippen LogP contribution in [0.4, 0.5) is 5.69 Å². The van der Waals surface area contributed by atoms with Gasteiger partial charge in [-0.15, -0.1) is 0 Å². The molecule has 0 spiro atoms. The summed E-state index contributed by atoms with van der Waals surface area (Å²) < 4.78 is 10.6. The van der Waals surface area contributed by atoms with Gasteiger partial charge in [0.05, 0.1) is 5.56 Å². The maximum atomic E-state index is 12.1. The third kappa shape index (κ3) is 5.11. The van der Waals surface area contributed by atoms with Crippen molar-refractivity contribution in [1.82, 2.24) is 0 Å². The van der Waals surface area contributed by atoms with Crippen LogP contribution in [0.15, 0.2) is 18.2 Å². The molecule has 0 unspecified atom stereocenters. The lowest BCUT2D eigenvalue weighted by molar-refractivity contribution is -0.159. The maximum Gasteiger partial charge on any atom is 0.344 e. The van der Waals surface area contributed by atoms with E-state index in [4.69, 9.17) is 15.2 Å². The summed E-state index contributed by atoms with van der Waals surface area (Å²) in [6, 6.07) is 3.98. The van der Waals surface area contributed by atoms with Crippen molar-refractivity contribution in [2.24, 2.45) is 17.8 Å². The third-order valence-electron chi connectivity index (χ3n) is 4.82.